The number of nitrogens with zero attached hydrogens (tertiary/aromatic N) is 1. The van der Waals surface area contributed by atoms with Gasteiger partial charge in [0.05, 0.1) is 0 Å². The maximum atomic E-state index is 6.11. The second kappa shape index (κ2) is 4.95. The maximum Gasteiger partial charge on any atom is 0.0499 e. The van der Waals surface area contributed by atoms with Crippen molar-refractivity contribution in [3.8, 4) is 0 Å². The lowest BCUT2D eigenvalue weighted by molar-refractivity contribution is 0.807. The normalized spacial score (nSPS) is 11.1. The van der Waals surface area contributed by atoms with Crippen LogP contribution < -0.4 is 0 Å². The summed E-state index contributed by atoms with van der Waals surface area (Å²) in [6, 6.07) is 8.16. The van der Waals surface area contributed by atoms with Crippen molar-refractivity contribution in [2.75, 3.05) is 11.5 Å². The zero-order valence-corrected chi connectivity index (χ0v) is 10.3. The van der Waals surface area contributed by atoms with Crippen LogP contribution in [0.3, 0.4) is 0 Å². The molecule has 0 N–H and O–H groups in total. The molecule has 1 heterocycles. The average Bonchev–Trinajstić information content (AvgIpc) is 2.64. The van der Waals surface area contributed by atoms with Gasteiger partial charge in [-0.2, -0.15) is 11.8 Å². The summed E-state index contributed by atoms with van der Waals surface area (Å²) in [5, 5.41) is 2.00. The molecular formula is C12H14ClNS. The van der Waals surface area contributed by atoms with Crippen molar-refractivity contribution < 1.29 is 0 Å². The average molecular weight is 240 g/mol. The first-order valence-electron chi connectivity index (χ1n) is 5.14. The molecule has 0 fully saturated rings. The highest BCUT2D eigenvalue weighted by molar-refractivity contribution is 7.99. The Bertz CT molecular complexity index is 450. The van der Waals surface area contributed by atoms with Crippen molar-refractivity contribution in [1.82, 2.24) is 4.57 Å². The van der Waals surface area contributed by atoms with Crippen LogP contribution >= 0.6 is 23.4 Å². The molecule has 0 aliphatic rings. The predicted octanol–water partition coefficient (Wildman–Crippen LogP) is 4.05. The van der Waals surface area contributed by atoms with Crippen LogP contribution in [0.25, 0.3) is 10.9 Å². The zero-order valence-electron chi connectivity index (χ0n) is 8.74. The molecule has 0 aliphatic heterocycles. The van der Waals surface area contributed by atoms with E-state index >= 15 is 0 Å². The SMILES string of the molecule is CCSCCn1ccc2c(Cl)cccc21. The van der Waals surface area contributed by atoms with Crippen molar-refractivity contribution >= 4 is 34.3 Å². The van der Waals surface area contributed by atoms with Gasteiger partial charge >= 0.3 is 0 Å². The Morgan fingerprint density at radius 2 is 2.20 bits per heavy atom. The summed E-state index contributed by atoms with van der Waals surface area (Å²) in [5.74, 6) is 2.34. The molecule has 0 saturated heterocycles. The van der Waals surface area contributed by atoms with E-state index in [1.807, 2.05) is 23.9 Å². The van der Waals surface area contributed by atoms with Crippen LogP contribution in [0.1, 0.15) is 6.92 Å². The molecule has 0 radical (unpaired) electrons. The van der Waals surface area contributed by atoms with E-state index < -0.39 is 0 Å². The maximum absolute atomic E-state index is 6.11. The number of rotatable bonds is 4. The van der Waals surface area contributed by atoms with Gasteiger partial charge in [0.25, 0.3) is 0 Å². The minimum Gasteiger partial charge on any atom is -0.347 e. The van der Waals surface area contributed by atoms with Gasteiger partial charge in [-0.25, -0.2) is 0 Å². The first-order chi connectivity index (χ1) is 7.33. The molecule has 15 heavy (non-hydrogen) atoms. The predicted molar refractivity (Wildman–Crippen MR) is 69.9 cm³/mol. The van der Waals surface area contributed by atoms with E-state index in [-0.39, 0.29) is 0 Å². The molecule has 0 amide bonds. The Labute approximate surface area is 99.4 Å². The molecular weight excluding hydrogens is 226 g/mol. The molecule has 1 aromatic carbocycles. The van der Waals surface area contributed by atoms with Gasteiger partial charge in [-0.1, -0.05) is 24.6 Å². The van der Waals surface area contributed by atoms with Crippen molar-refractivity contribution in [1.29, 1.82) is 0 Å². The van der Waals surface area contributed by atoms with E-state index in [1.54, 1.807) is 0 Å². The van der Waals surface area contributed by atoms with Crippen LogP contribution in [-0.2, 0) is 6.54 Å². The molecule has 0 atom stereocenters. The number of aromatic nitrogens is 1. The van der Waals surface area contributed by atoms with E-state index in [0.717, 1.165) is 22.7 Å². The second-order valence-corrected chi connectivity index (χ2v) is 5.18. The first-order valence-corrected chi connectivity index (χ1v) is 6.67. The molecule has 0 unspecified atom stereocenters. The lowest BCUT2D eigenvalue weighted by Gasteiger charge is -2.04. The molecule has 80 valence electrons. The minimum atomic E-state index is 0.842. The molecule has 1 aromatic heterocycles. The topological polar surface area (TPSA) is 4.93 Å². The van der Waals surface area contributed by atoms with Crippen molar-refractivity contribution in [3.05, 3.63) is 35.5 Å². The quantitative estimate of drug-likeness (QED) is 0.729. The van der Waals surface area contributed by atoms with E-state index in [1.165, 1.54) is 11.3 Å². The first kappa shape index (κ1) is 10.9. The third-order valence-corrected chi connectivity index (χ3v) is 3.65. The number of fused-ring (bicyclic) bond motifs is 1. The molecule has 0 aliphatic carbocycles. The van der Waals surface area contributed by atoms with Gasteiger partial charge < -0.3 is 4.57 Å². The summed E-state index contributed by atoms with van der Waals surface area (Å²) in [7, 11) is 0. The van der Waals surface area contributed by atoms with Crippen molar-refractivity contribution in [2.45, 2.75) is 13.5 Å². The summed E-state index contributed by atoms with van der Waals surface area (Å²) in [4.78, 5) is 0. The van der Waals surface area contributed by atoms with Crippen molar-refractivity contribution in [3.63, 3.8) is 0 Å². The van der Waals surface area contributed by atoms with E-state index in [9.17, 15) is 0 Å². The summed E-state index contributed by atoms with van der Waals surface area (Å²) in [5.41, 5.74) is 1.24. The Kier molecular flexibility index (Phi) is 3.60. The number of benzene rings is 1. The highest BCUT2D eigenvalue weighted by atomic mass is 35.5. The van der Waals surface area contributed by atoms with Crippen LogP contribution in [0.4, 0.5) is 0 Å². The van der Waals surface area contributed by atoms with Crippen LogP contribution in [-0.4, -0.2) is 16.1 Å². The smallest absolute Gasteiger partial charge is 0.0499 e. The molecule has 0 bridgehead atoms. The summed E-state index contributed by atoms with van der Waals surface area (Å²) >= 11 is 8.08. The summed E-state index contributed by atoms with van der Waals surface area (Å²) in [6.45, 7) is 3.25. The summed E-state index contributed by atoms with van der Waals surface area (Å²) in [6.07, 6.45) is 2.12. The molecule has 2 rings (SSSR count). The lowest BCUT2D eigenvalue weighted by Crippen LogP contribution is -1.98. The second-order valence-electron chi connectivity index (χ2n) is 3.38. The molecule has 0 spiro atoms. The highest BCUT2D eigenvalue weighted by Gasteiger charge is 2.02. The van der Waals surface area contributed by atoms with Gasteiger partial charge in [-0.15, -0.1) is 0 Å². The van der Waals surface area contributed by atoms with Crippen LogP contribution in [0.15, 0.2) is 30.5 Å². The van der Waals surface area contributed by atoms with Crippen LogP contribution in [0, 0.1) is 0 Å². The molecule has 3 heteroatoms. The van der Waals surface area contributed by atoms with Crippen LogP contribution in [0.2, 0.25) is 5.02 Å². The number of aryl methyl sites for hydroxylation is 1. The third kappa shape index (κ3) is 2.32. The number of hydrogen-bond acceptors (Lipinski definition) is 1. The van der Waals surface area contributed by atoms with Crippen molar-refractivity contribution in [2.24, 2.45) is 0 Å². The fourth-order valence-electron chi connectivity index (χ4n) is 1.69. The van der Waals surface area contributed by atoms with Crippen LogP contribution in [0.5, 0.6) is 0 Å². The van der Waals surface area contributed by atoms with Gasteiger partial charge in [0.1, 0.15) is 0 Å². The van der Waals surface area contributed by atoms with Gasteiger partial charge in [-0.05, 0) is 24.0 Å². The van der Waals surface area contributed by atoms with E-state index in [2.05, 4.69) is 29.8 Å². The Morgan fingerprint density at radius 1 is 1.33 bits per heavy atom. The van der Waals surface area contributed by atoms with E-state index in [0.29, 0.717) is 0 Å². The highest BCUT2D eigenvalue weighted by Crippen LogP contribution is 2.24. The van der Waals surface area contributed by atoms with Gasteiger partial charge in [0.2, 0.25) is 0 Å². The van der Waals surface area contributed by atoms with Gasteiger partial charge in [0, 0.05) is 34.4 Å². The zero-order chi connectivity index (χ0) is 10.7. The number of hydrogen-bond donors (Lipinski definition) is 0. The molecule has 1 nitrogen and oxygen atoms in total. The molecule has 0 saturated carbocycles. The van der Waals surface area contributed by atoms with Gasteiger partial charge in [0.15, 0.2) is 0 Å². The summed E-state index contributed by atoms with van der Waals surface area (Å²) < 4.78 is 2.27. The fourth-order valence-corrected chi connectivity index (χ4v) is 2.54. The van der Waals surface area contributed by atoms with Gasteiger partial charge in [-0.3, -0.25) is 0 Å². The Balaban J connectivity index is 2.25. The Morgan fingerprint density at radius 3 is 3.00 bits per heavy atom. The van der Waals surface area contributed by atoms with E-state index in [4.69, 9.17) is 11.6 Å². The third-order valence-electron chi connectivity index (χ3n) is 2.44. The number of thioether (sulfide) groups is 1. The lowest BCUT2D eigenvalue weighted by atomic mass is 10.2. The largest absolute Gasteiger partial charge is 0.347 e. The standard InChI is InChI=1S/C12H14ClNS/c1-2-15-9-8-14-7-6-10-11(13)4-3-5-12(10)14/h3-7H,2,8-9H2,1H3. The minimum absolute atomic E-state index is 0.842. The monoisotopic (exact) mass is 239 g/mol. The fraction of sp³-hybridized carbons (Fsp3) is 0.333. The molecule has 2 aromatic rings. The Hall–Kier alpha value is -0.600. The number of halogens is 1.